The number of hydrogen-bond acceptors (Lipinski definition) is 6. The maximum absolute atomic E-state index is 12.6. The summed E-state index contributed by atoms with van der Waals surface area (Å²) in [6, 6.07) is 4.48. The van der Waals surface area contributed by atoms with Crippen molar-refractivity contribution in [1.82, 2.24) is 9.82 Å². The molecule has 0 aliphatic rings. The summed E-state index contributed by atoms with van der Waals surface area (Å²) in [7, 11) is -1.36. The number of nitrogens with zero attached hydrogens (tertiary/aromatic N) is 1. The second-order valence-corrected chi connectivity index (χ2v) is 6.89. The van der Waals surface area contributed by atoms with E-state index in [1.54, 1.807) is 0 Å². The number of hydrogen-bond donors (Lipinski definition) is 2. The number of sulfonamides is 1. The van der Waals surface area contributed by atoms with Crippen LogP contribution < -0.4 is 19.7 Å². The van der Waals surface area contributed by atoms with Gasteiger partial charge in [0.15, 0.2) is 17.3 Å². The Morgan fingerprint density at radius 2 is 1.77 bits per heavy atom. The van der Waals surface area contributed by atoms with Crippen molar-refractivity contribution in [3.8, 4) is 11.5 Å². The highest BCUT2D eigenvalue weighted by Gasteiger charge is 2.31. The van der Waals surface area contributed by atoms with Crippen molar-refractivity contribution in [2.45, 2.75) is 11.1 Å². The molecule has 142 valence electrons. The van der Waals surface area contributed by atoms with Gasteiger partial charge in [-0.05, 0) is 18.2 Å². The van der Waals surface area contributed by atoms with Crippen LogP contribution >= 0.6 is 11.6 Å². The van der Waals surface area contributed by atoms with Crippen LogP contribution in [0.3, 0.4) is 0 Å². The number of halogens is 4. The van der Waals surface area contributed by atoms with E-state index in [-0.39, 0.29) is 16.5 Å². The van der Waals surface area contributed by atoms with Crippen molar-refractivity contribution in [3.63, 3.8) is 0 Å². The van der Waals surface area contributed by atoms with Gasteiger partial charge in [-0.3, -0.25) is 5.43 Å². The highest BCUT2D eigenvalue weighted by Crippen LogP contribution is 2.32. The summed E-state index contributed by atoms with van der Waals surface area (Å²) in [5.74, 6) is 0.219. The Morgan fingerprint density at radius 1 is 1.12 bits per heavy atom. The maximum Gasteiger partial charge on any atom is 0.417 e. The second-order valence-electron chi connectivity index (χ2n) is 4.80. The van der Waals surface area contributed by atoms with Gasteiger partial charge in [0.25, 0.3) is 10.0 Å². The molecule has 0 bridgehead atoms. The lowest BCUT2D eigenvalue weighted by Gasteiger charge is -2.13. The van der Waals surface area contributed by atoms with E-state index < -0.39 is 26.8 Å². The van der Waals surface area contributed by atoms with Crippen molar-refractivity contribution in [3.05, 3.63) is 41.0 Å². The van der Waals surface area contributed by atoms with Gasteiger partial charge < -0.3 is 9.47 Å². The van der Waals surface area contributed by atoms with Crippen LogP contribution in [0.1, 0.15) is 5.56 Å². The highest BCUT2D eigenvalue weighted by atomic mass is 35.5. The van der Waals surface area contributed by atoms with Crippen LogP contribution in [0.4, 0.5) is 19.0 Å². The first-order chi connectivity index (χ1) is 12.1. The molecule has 0 saturated carbocycles. The summed E-state index contributed by atoms with van der Waals surface area (Å²) in [4.78, 5) is 5.27. The van der Waals surface area contributed by atoms with Crippen molar-refractivity contribution in [1.29, 1.82) is 0 Å². The zero-order chi connectivity index (χ0) is 19.5. The molecule has 1 aromatic heterocycles. The number of aromatic nitrogens is 1. The summed E-state index contributed by atoms with van der Waals surface area (Å²) in [6.07, 6.45) is -4.09. The average Bonchev–Trinajstić information content (AvgIpc) is 2.59. The van der Waals surface area contributed by atoms with Gasteiger partial charge in [-0.15, -0.1) is 4.83 Å². The van der Waals surface area contributed by atoms with Crippen LogP contribution in [0.5, 0.6) is 11.5 Å². The van der Waals surface area contributed by atoms with E-state index in [9.17, 15) is 21.6 Å². The van der Waals surface area contributed by atoms with Crippen LogP contribution in [-0.2, 0) is 16.2 Å². The predicted octanol–water partition coefficient (Wildman–Crippen LogP) is 3.08. The van der Waals surface area contributed by atoms with Crippen LogP contribution in [-0.4, -0.2) is 27.6 Å². The number of pyridine rings is 1. The van der Waals surface area contributed by atoms with E-state index in [4.69, 9.17) is 21.1 Å². The number of alkyl halides is 3. The first-order valence-electron chi connectivity index (χ1n) is 6.81. The molecule has 1 aromatic carbocycles. The van der Waals surface area contributed by atoms with Crippen LogP contribution in [0, 0.1) is 0 Å². The zero-order valence-corrected chi connectivity index (χ0v) is 15.0. The first kappa shape index (κ1) is 20.1. The van der Waals surface area contributed by atoms with Gasteiger partial charge in [0.05, 0.1) is 29.7 Å². The summed E-state index contributed by atoms with van der Waals surface area (Å²) < 4.78 is 72.3. The third-order valence-corrected chi connectivity index (χ3v) is 4.67. The molecule has 12 heteroatoms. The third-order valence-electron chi connectivity index (χ3n) is 3.14. The Balaban J connectivity index is 2.21. The molecule has 0 fully saturated rings. The molecule has 1 heterocycles. The lowest BCUT2D eigenvalue weighted by atomic mass is 10.3. The minimum atomic E-state index is -4.62. The molecule has 0 amide bonds. The fraction of sp³-hybridized carbons (Fsp3) is 0.214. The molecule has 2 rings (SSSR count). The fourth-order valence-corrected chi connectivity index (χ4v) is 2.91. The van der Waals surface area contributed by atoms with Gasteiger partial charge in [0.2, 0.25) is 0 Å². The van der Waals surface area contributed by atoms with Gasteiger partial charge in [-0.25, -0.2) is 13.4 Å². The van der Waals surface area contributed by atoms with E-state index in [0.717, 1.165) is 0 Å². The highest BCUT2D eigenvalue weighted by molar-refractivity contribution is 7.89. The quantitative estimate of drug-likeness (QED) is 0.710. The van der Waals surface area contributed by atoms with Crippen molar-refractivity contribution < 1.29 is 31.1 Å². The van der Waals surface area contributed by atoms with E-state index in [2.05, 4.69) is 10.4 Å². The van der Waals surface area contributed by atoms with Crippen molar-refractivity contribution >= 4 is 27.4 Å². The molecule has 0 radical (unpaired) electrons. The number of nitrogens with one attached hydrogen (secondary N) is 2. The Kier molecular flexibility index (Phi) is 5.84. The van der Waals surface area contributed by atoms with Gasteiger partial charge in [0.1, 0.15) is 0 Å². The van der Waals surface area contributed by atoms with E-state index in [0.29, 0.717) is 18.0 Å². The van der Waals surface area contributed by atoms with Gasteiger partial charge >= 0.3 is 6.18 Å². The van der Waals surface area contributed by atoms with E-state index in [1.807, 2.05) is 4.83 Å². The largest absolute Gasteiger partial charge is 0.493 e. The predicted molar refractivity (Wildman–Crippen MR) is 87.7 cm³/mol. The minimum Gasteiger partial charge on any atom is -0.493 e. The Hall–Kier alpha value is -2.24. The fourth-order valence-electron chi connectivity index (χ4n) is 1.84. The molecule has 0 aliphatic heterocycles. The lowest BCUT2D eigenvalue weighted by Crippen LogP contribution is -2.30. The number of hydrazine groups is 1. The molecule has 26 heavy (non-hydrogen) atoms. The Morgan fingerprint density at radius 3 is 2.31 bits per heavy atom. The molecule has 0 spiro atoms. The normalized spacial score (nSPS) is 11.9. The first-order valence-corrected chi connectivity index (χ1v) is 8.67. The lowest BCUT2D eigenvalue weighted by molar-refractivity contribution is -0.137. The molecule has 2 aromatic rings. The topological polar surface area (TPSA) is 89.6 Å². The minimum absolute atomic E-state index is 0.175. The van der Waals surface area contributed by atoms with Gasteiger partial charge in [-0.1, -0.05) is 11.6 Å². The Labute approximate surface area is 152 Å². The second kappa shape index (κ2) is 7.56. The third kappa shape index (κ3) is 4.48. The summed E-state index contributed by atoms with van der Waals surface area (Å²) in [6.45, 7) is 0. The standard InChI is InChI=1S/C14H13ClF3N3O4S/c1-24-11-4-3-9(6-12(11)25-2)26(22,23)21-20-13-10(15)5-8(7-19-13)14(16,17)18/h3-7,21H,1-2H3,(H,19,20). The number of benzene rings is 1. The van der Waals surface area contributed by atoms with Gasteiger partial charge in [-0.2, -0.15) is 13.2 Å². The van der Waals surface area contributed by atoms with E-state index >= 15 is 0 Å². The maximum atomic E-state index is 12.6. The summed E-state index contributed by atoms with van der Waals surface area (Å²) >= 11 is 5.70. The smallest absolute Gasteiger partial charge is 0.417 e. The number of ether oxygens (including phenoxy) is 2. The summed E-state index contributed by atoms with van der Waals surface area (Å²) in [5, 5.41) is -0.408. The van der Waals surface area contributed by atoms with Crippen LogP contribution in [0.25, 0.3) is 0 Å². The molecule has 0 aliphatic carbocycles. The molecular weight excluding hydrogens is 399 g/mol. The summed E-state index contributed by atoms with van der Waals surface area (Å²) in [5.41, 5.74) is 1.12. The monoisotopic (exact) mass is 411 g/mol. The zero-order valence-electron chi connectivity index (χ0n) is 13.4. The van der Waals surface area contributed by atoms with Gasteiger partial charge in [0, 0.05) is 12.3 Å². The molecule has 0 atom stereocenters. The van der Waals surface area contributed by atoms with Crippen LogP contribution in [0.15, 0.2) is 35.4 Å². The molecule has 0 unspecified atom stereocenters. The van der Waals surface area contributed by atoms with Crippen molar-refractivity contribution in [2.75, 3.05) is 19.6 Å². The Bertz CT molecular complexity index is 907. The number of anilines is 1. The molecule has 0 saturated heterocycles. The molecule has 2 N–H and O–H groups in total. The number of rotatable bonds is 6. The SMILES string of the molecule is COc1ccc(S(=O)(=O)NNc2ncc(C(F)(F)F)cc2Cl)cc1OC. The van der Waals surface area contributed by atoms with E-state index in [1.165, 1.54) is 32.4 Å². The average molecular weight is 412 g/mol. The number of methoxy groups -OCH3 is 2. The van der Waals surface area contributed by atoms with Crippen molar-refractivity contribution in [2.24, 2.45) is 0 Å². The molecule has 7 nitrogen and oxygen atoms in total. The van der Waals surface area contributed by atoms with Crippen LogP contribution in [0.2, 0.25) is 5.02 Å². The molecular formula is C14H13ClF3N3O4S.